The van der Waals surface area contributed by atoms with Gasteiger partial charge in [-0.05, 0) is 12.1 Å². The molecule has 1 aromatic carbocycles. The summed E-state index contributed by atoms with van der Waals surface area (Å²) in [5.41, 5.74) is -3.46. The highest BCUT2D eigenvalue weighted by atomic mass is 19.4. The van der Waals surface area contributed by atoms with Crippen molar-refractivity contribution >= 4 is 10.9 Å². The first kappa shape index (κ1) is 15.0. The molecule has 0 fully saturated rings. The van der Waals surface area contributed by atoms with E-state index in [9.17, 15) is 27.2 Å². The molecule has 0 aliphatic rings. The van der Waals surface area contributed by atoms with E-state index in [1.807, 2.05) is 0 Å². The van der Waals surface area contributed by atoms with Gasteiger partial charge in [0.15, 0.2) is 0 Å². The lowest BCUT2D eigenvalue weighted by Gasteiger charge is -2.09. The van der Waals surface area contributed by atoms with Gasteiger partial charge >= 0.3 is 11.9 Å². The Morgan fingerprint density at radius 2 is 1.91 bits per heavy atom. The van der Waals surface area contributed by atoms with Crippen LogP contribution in [0.15, 0.2) is 34.0 Å². The van der Waals surface area contributed by atoms with E-state index in [-0.39, 0.29) is 11.6 Å². The summed E-state index contributed by atoms with van der Waals surface area (Å²) < 4.78 is 52.0. The summed E-state index contributed by atoms with van der Waals surface area (Å²) in [6.07, 6.45) is -3.46. The van der Waals surface area contributed by atoms with Crippen molar-refractivity contribution in [1.82, 2.24) is 19.7 Å². The number of alkyl halides is 3. The number of hydrogen-bond donors (Lipinski definition) is 2. The van der Waals surface area contributed by atoms with Gasteiger partial charge in [0.05, 0.1) is 18.3 Å². The van der Waals surface area contributed by atoms with Gasteiger partial charge in [-0.1, -0.05) is 0 Å². The fraction of sp³-hybridized carbons (Fsp3) is 0.154. The molecule has 2 heterocycles. The summed E-state index contributed by atoms with van der Waals surface area (Å²) in [7, 11) is 0. The van der Waals surface area contributed by atoms with Gasteiger partial charge in [-0.3, -0.25) is 14.5 Å². The monoisotopic (exact) mass is 328 g/mol. The maximum absolute atomic E-state index is 14.0. The van der Waals surface area contributed by atoms with Gasteiger partial charge in [-0.15, -0.1) is 0 Å². The Kier molecular flexibility index (Phi) is 3.31. The summed E-state index contributed by atoms with van der Waals surface area (Å²) in [4.78, 5) is 25.0. The predicted octanol–water partition coefficient (Wildman–Crippen LogP) is 1.62. The molecular formula is C13H8F4N4O2. The van der Waals surface area contributed by atoms with Crippen LogP contribution in [0.4, 0.5) is 17.6 Å². The summed E-state index contributed by atoms with van der Waals surface area (Å²) in [6, 6.07) is 2.74. The Morgan fingerprint density at radius 3 is 2.57 bits per heavy atom. The van der Waals surface area contributed by atoms with E-state index < -0.39 is 35.5 Å². The van der Waals surface area contributed by atoms with Crippen molar-refractivity contribution in [2.75, 3.05) is 0 Å². The first-order chi connectivity index (χ1) is 10.8. The number of nitrogens with zero attached hydrogens (tertiary/aromatic N) is 2. The third-order valence-corrected chi connectivity index (χ3v) is 3.26. The minimum absolute atomic E-state index is 0.0332. The van der Waals surface area contributed by atoms with Crippen LogP contribution in [0.25, 0.3) is 10.9 Å². The maximum atomic E-state index is 14.0. The zero-order valence-corrected chi connectivity index (χ0v) is 11.2. The van der Waals surface area contributed by atoms with E-state index in [0.717, 1.165) is 6.07 Å². The number of aromatic amines is 2. The van der Waals surface area contributed by atoms with E-state index in [1.165, 1.54) is 12.3 Å². The average molecular weight is 328 g/mol. The highest BCUT2D eigenvalue weighted by Gasteiger charge is 2.32. The van der Waals surface area contributed by atoms with Crippen LogP contribution >= 0.6 is 0 Å². The molecule has 2 aromatic heterocycles. The molecule has 23 heavy (non-hydrogen) atoms. The average Bonchev–Trinajstić information content (AvgIpc) is 2.88. The smallest absolute Gasteiger partial charge is 0.303 e. The third kappa shape index (κ3) is 2.74. The van der Waals surface area contributed by atoms with Crippen LogP contribution in [0.3, 0.4) is 0 Å². The fourth-order valence-corrected chi connectivity index (χ4v) is 2.12. The highest BCUT2D eigenvalue weighted by molar-refractivity contribution is 5.78. The molecule has 0 atom stereocenters. The summed E-state index contributed by atoms with van der Waals surface area (Å²) >= 11 is 0. The number of fused-ring (bicyclic) bond motifs is 1. The number of aromatic nitrogens is 4. The Balaban J connectivity index is 2.07. The first-order valence-electron chi connectivity index (χ1n) is 6.28. The number of nitrogens with one attached hydrogen (secondary N) is 2. The standard InChI is InChI=1S/C13H8F4N4O2/c14-8-1-6-4-18-20-9(6)2-7(8)5-21-11(22)3-10(13(15,16)17)19-12(21)23/h1-4H,5H2,(H,18,20)(H,19,23). The van der Waals surface area contributed by atoms with Gasteiger partial charge in [0.1, 0.15) is 11.5 Å². The fourth-order valence-electron chi connectivity index (χ4n) is 2.12. The molecular weight excluding hydrogens is 320 g/mol. The molecule has 3 aromatic rings. The first-order valence-corrected chi connectivity index (χ1v) is 6.28. The Labute approximate surface area is 124 Å². The normalized spacial score (nSPS) is 12.0. The quantitative estimate of drug-likeness (QED) is 0.701. The van der Waals surface area contributed by atoms with Crippen LogP contribution in [0.2, 0.25) is 0 Å². The summed E-state index contributed by atoms with van der Waals surface area (Å²) in [6.45, 7) is -0.507. The van der Waals surface area contributed by atoms with Crippen LogP contribution in [0.1, 0.15) is 11.3 Å². The molecule has 3 rings (SSSR count). The lowest BCUT2D eigenvalue weighted by Crippen LogP contribution is -2.37. The van der Waals surface area contributed by atoms with E-state index in [4.69, 9.17) is 0 Å². The lowest BCUT2D eigenvalue weighted by molar-refractivity contribution is -0.141. The largest absolute Gasteiger partial charge is 0.431 e. The van der Waals surface area contributed by atoms with Crippen molar-refractivity contribution < 1.29 is 17.6 Å². The topological polar surface area (TPSA) is 83.5 Å². The van der Waals surface area contributed by atoms with Gasteiger partial charge in [-0.2, -0.15) is 18.3 Å². The lowest BCUT2D eigenvalue weighted by atomic mass is 10.1. The van der Waals surface area contributed by atoms with Crippen LogP contribution in [0.5, 0.6) is 0 Å². The van der Waals surface area contributed by atoms with E-state index >= 15 is 0 Å². The van der Waals surface area contributed by atoms with Gasteiger partial charge in [0.2, 0.25) is 0 Å². The van der Waals surface area contributed by atoms with Gasteiger partial charge < -0.3 is 4.98 Å². The second kappa shape index (κ2) is 5.07. The molecule has 120 valence electrons. The summed E-state index contributed by atoms with van der Waals surface area (Å²) in [5, 5.41) is 6.79. The molecule has 6 nitrogen and oxygen atoms in total. The van der Waals surface area contributed by atoms with Crippen LogP contribution < -0.4 is 11.2 Å². The molecule has 0 amide bonds. The second-order valence-corrected chi connectivity index (χ2v) is 4.81. The Morgan fingerprint density at radius 1 is 1.17 bits per heavy atom. The third-order valence-electron chi connectivity index (χ3n) is 3.26. The molecule has 0 radical (unpaired) electrons. The highest BCUT2D eigenvalue weighted by Crippen LogP contribution is 2.25. The zero-order chi connectivity index (χ0) is 16.8. The van der Waals surface area contributed by atoms with Crippen LogP contribution in [-0.4, -0.2) is 19.7 Å². The van der Waals surface area contributed by atoms with Crippen molar-refractivity contribution in [1.29, 1.82) is 0 Å². The van der Waals surface area contributed by atoms with Crippen molar-refractivity contribution in [3.8, 4) is 0 Å². The van der Waals surface area contributed by atoms with E-state index in [0.29, 0.717) is 15.5 Å². The second-order valence-electron chi connectivity index (χ2n) is 4.81. The number of hydrogen-bond acceptors (Lipinski definition) is 3. The van der Waals surface area contributed by atoms with Gasteiger partial charge in [0.25, 0.3) is 5.56 Å². The summed E-state index contributed by atoms with van der Waals surface area (Å²) in [5.74, 6) is -0.704. The molecule has 0 saturated carbocycles. The predicted molar refractivity (Wildman–Crippen MR) is 71.5 cm³/mol. The number of rotatable bonds is 2. The number of H-pyrrole nitrogens is 2. The minimum atomic E-state index is -4.85. The van der Waals surface area contributed by atoms with Crippen molar-refractivity contribution in [2.45, 2.75) is 12.7 Å². The minimum Gasteiger partial charge on any atom is -0.303 e. The Bertz CT molecular complexity index is 968. The molecule has 0 spiro atoms. The van der Waals surface area contributed by atoms with E-state index in [2.05, 4.69) is 10.2 Å². The molecule has 0 aliphatic carbocycles. The molecule has 0 bridgehead atoms. The Hall–Kier alpha value is -2.91. The zero-order valence-electron chi connectivity index (χ0n) is 11.2. The van der Waals surface area contributed by atoms with Crippen molar-refractivity contribution in [3.63, 3.8) is 0 Å². The number of halogens is 4. The maximum Gasteiger partial charge on any atom is 0.431 e. The van der Waals surface area contributed by atoms with Gasteiger partial charge in [0, 0.05) is 17.0 Å². The van der Waals surface area contributed by atoms with E-state index in [1.54, 1.807) is 4.98 Å². The molecule has 10 heteroatoms. The SMILES string of the molecule is O=c1cc(C(F)(F)F)[nH]c(=O)n1Cc1cc2[nH]ncc2cc1F. The van der Waals surface area contributed by atoms with Crippen LogP contribution in [-0.2, 0) is 12.7 Å². The molecule has 0 aliphatic heterocycles. The van der Waals surface area contributed by atoms with Crippen molar-refractivity contribution in [3.05, 3.63) is 62.3 Å². The van der Waals surface area contributed by atoms with Crippen molar-refractivity contribution in [2.24, 2.45) is 0 Å². The van der Waals surface area contributed by atoms with Gasteiger partial charge in [-0.25, -0.2) is 9.18 Å². The molecule has 2 N–H and O–H groups in total. The number of benzene rings is 1. The van der Waals surface area contributed by atoms with Crippen LogP contribution in [0, 0.1) is 5.82 Å². The molecule has 0 saturated heterocycles. The molecule has 0 unspecified atom stereocenters.